The Kier molecular flexibility index (Phi) is 14.8. The average Bonchev–Trinajstić information content (AvgIpc) is 3.38. The van der Waals surface area contributed by atoms with Gasteiger partial charge in [0.1, 0.15) is 11.5 Å². The van der Waals surface area contributed by atoms with Crippen molar-refractivity contribution in [2.75, 3.05) is 70.2 Å². The summed E-state index contributed by atoms with van der Waals surface area (Å²) in [4.78, 5) is 30.8. The third-order valence-electron chi connectivity index (χ3n) is 8.38. The van der Waals surface area contributed by atoms with Gasteiger partial charge in [-0.2, -0.15) is 0 Å². The summed E-state index contributed by atoms with van der Waals surface area (Å²) in [6.45, 7) is 10.6. The summed E-state index contributed by atoms with van der Waals surface area (Å²) >= 11 is 9.59. The van der Waals surface area contributed by atoms with Crippen molar-refractivity contribution in [1.82, 2.24) is 9.80 Å². The molecule has 1 aliphatic heterocycles. The number of carbonyl (C=O) groups excluding carboxylic acids is 2. The van der Waals surface area contributed by atoms with Gasteiger partial charge in [0.25, 0.3) is 5.91 Å². The molecule has 49 heavy (non-hydrogen) atoms. The molecule has 1 fully saturated rings. The number of hydrogen-bond donors (Lipinski definition) is 1. The fraction of sp³-hybridized carbons (Fsp3) is 0.333. The Balaban J connectivity index is 0.000000223. The van der Waals surface area contributed by atoms with Crippen molar-refractivity contribution in [2.45, 2.75) is 26.8 Å². The Bertz CT molecular complexity index is 1670. The first-order chi connectivity index (χ1) is 23.7. The summed E-state index contributed by atoms with van der Waals surface area (Å²) in [6.07, 6.45) is 0.895. The number of likely N-dealkylation sites (N-methyl/N-ethyl adjacent to an activating group) is 1. The van der Waals surface area contributed by atoms with Crippen molar-refractivity contribution < 1.29 is 19.1 Å². The fourth-order valence-electron chi connectivity index (χ4n) is 5.63. The average molecular weight is 750 g/mol. The van der Waals surface area contributed by atoms with E-state index in [2.05, 4.69) is 62.2 Å². The molecule has 0 aliphatic carbocycles. The van der Waals surface area contributed by atoms with Crippen molar-refractivity contribution in [2.24, 2.45) is 0 Å². The molecule has 0 aromatic heterocycles. The van der Waals surface area contributed by atoms with Gasteiger partial charge in [0, 0.05) is 78.3 Å². The van der Waals surface area contributed by atoms with E-state index in [1.54, 1.807) is 39.3 Å². The van der Waals surface area contributed by atoms with Crippen LogP contribution in [0, 0.1) is 0 Å². The molecule has 0 saturated carbocycles. The number of ether oxygens (including phenoxy) is 2. The number of carbonyl (C=O) groups is 2. The lowest BCUT2D eigenvalue weighted by Crippen LogP contribution is -2.35. The van der Waals surface area contributed by atoms with Gasteiger partial charge >= 0.3 is 0 Å². The van der Waals surface area contributed by atoms with Crippen LogP contribution in [0.5, 0.6) is 11.5 Å². The number of halogens is 2. The second-order valence-corrected chi connectivity index (χ2v) is 13.1. The highest BCUT2D eigenvalue weighted by Gasteiger charge is 2.23. The van der Waals surface area contributed by atoms with Gasteiger partial charge in [0.2, 0.25) is 0 Å². The summed E-state index contributed by atoms with van der Waals surface area (Å²) in [7, 11) is 3.23. The second kappa shape index (κ2) is 19.2. The Hall–Kier alpha value is -4.05. The van der Waals surface area contributed by atoms with Gasteiger partial charge in [0.15, 0.2) is 5.78 Å². The van der Waals surface area contributed by atoms with E-state index in [1.807, 2.05) is 53.4 Å². The van der Waals surface area contributed by atoms with Crippen LogP contribution in [0.4, 0.5) is 11.4 Å². The van der Waals surface area contributed by atoms with E-state index in [0.717, 1.165) is 72.8 Å². The van der Waals surface area contributed by atoms with Crippen molar-refractivity contribution in [3.05, 3.63) is 117 Å². The first kappa shape index (κ1) is 37.8. The molecule has 10 heteroatoms. The number of nitrogens with one attached hydrogen (secondary N) is 1. The summed E-state index contributed by atoms with van der Waals surface area (Å²) in [5, 5.41) is 3.94. The summed E-state index contributed by atoms with van der Waals surface area (Å²) in [6, 6.07) is 29.2. The lowest BCUT2D eigenvalue weighted by Gasteiger charge is -2.24. The monoisotopic (exact) mass is 748 g/mol. The second-order valence-electron chi connectivity index (χ2n) is 11.7. The first-order valence-corrected chi connectivity index (χ1v) is 17.7. The summed E-state index contributed by atoms with van der Waals surface area (Å²) < 4.78 is 11.8. The number of amides is 1. The lowest BCUT2D eigenvalue weighted by molar-refractivity contribution is 0.0763. The minimum atomic E-state index is -0.0446. The molecule has 1 saturated heterocycles. The SMILES string of the molecule is CCN(CCNc1ccc(C(C)=O)cc1)Cc1cccc(Br)c1.COc1cccc(N2CCCN(C(=O)c3cc(Cl)ccc3OC)CC2)c1. The van der Waals surface area contributed by atoms with Gasteiger partial charge in [-0.15, -0.1) is 0 Å². The topological polar surface area (TPSA) is 74.4 Å². The van der Waals surface area contributed by atoms with Crippen molar-refractivity contribution in [1.29, 1.82) is 0 Å². The maximum Gasteiger partial charge on any atom is 0.257 e. The smallest absolute Gasteiger partial charge is 0.257 e. The van der Waals surface area contributed by atoms with E-state index in [0.29, 0.717) is 29.4 Å². The first-order valence-electron chi connectivity index (χ1n) is 16.5. The number of ketones is 1. The molecule has 1 heterocycles. The molecule has 4 aromatic rings. The number of Topliss-reactive ketones (excluding diaryl/α,β-unsaturated/α-hetero) is 1. The molecular weight excluding hydrogens is 704 g/mol. The van der Waals surface area contributed by atoms with E-state index >= 15 is 0 Å². The van der Waals surface area contributed by atoms with Gasteiger partial charge in [-0.25, -0.2) is 0 Å². The van der Waals surface area contributed by atoms with Gasteiger partial charge < -0.3 is 24.6 Å². The molecule has 0 radical (unpaired) electrons. The Morgan fingerprint density at radius 2 is 1.67 bits per heavy atom. The Morgan fingerprint density at radius 3 is 2.37 bits per heavy atom. The molecule has 5 rings (SSSR count). The molecule has 1 aliphatic rings. The molecule has 260 valence electrons. The zero-order chi connectivity index (χ0) is 35.2. The molecule has 0 unspecified atom stereocenters. The summed E-state index contributed by atoms with van der Waals surface area (Å²) in [5.41, 5.74) is 4.73. The van der Waals surface area contributed by atoms with E-state index in [-0.39, 0.29) is 11.7 Å². The number of benzene rings is 4. The molecule has 0 spiro atoms. The minimum absolute atomic E-state index is 0.0446. The lowest BCUT2D eigenvalue weighted by atomic mass is 10.1. The predicted molar refractivity (Wildman–Crippen MR) is 204 cm³/mol. The molecule has 8 nitrogen and oxygen atoms in total. The van der Waals surface area contributed by atoms with Crippen molar-refractivity contribution in [3.8, 4) is 11.5 Å². The van der Waals surface area contributed by atoms with E-state index in [9.17, 15) is 9.59 Å². The highest BCUT2D eigenvalue weighted by molar-refractivity contribution is 9.10. The maximum atomic E-state index is 13.0. The van der Waals surface area contributed by atoms with Gasteiger partial charge in [-0.05, 0) is 92.2 Å². The number of methoxy groups -OCH3 is 2. The number of hydrogen-bond acceptors (Lipinski definition) is 7. The number of rotatable bonds is 12. The molecule has 1 amide bonds. The highest BCUT2D eigenvalue weighted by atomic mass is 79.9. The van der Waals surface area contributed by atoms with Crippen LogP contribution < -0.4 is 19.7 Å². The third-order valence-corrected chi connectivity index (χ3v) is 9.11. The minimum Gasteiger partial charge on any atom is -0.497 e. The Labute approximate surface area is 304 Å². The van der Waals surface area contributed by atoms with Crippen LogP contribution in [0.2, 0.25) is 5.02 Å². The van der Waals surface area contributed by atoms with Crippen molar-refractivity contribution in [3.63, 3.8) is 0 Å². The highest BCUT2D eigenvalue weighted by Crippen LogP contribution is 2.26. The van der Waals surface area contributed by atoms with Crippen LogP contribution >= 0.6 is 27.5 Å². The molecule has 0 bridgehead atoms. The Morgan fingerprint density at radius 1 is 0.898 bits per heavy atom. The van der Waals surface area contributed by atoms with Gasteiger partial charge in [-0.3, -0.25) is 14.5 Å². The number of anilines is 2. The quantitative estimate of drug-likeness (QED) is 0.146. The zero-order valence-electron chi connectivity index (χ0n) is 28.8. The van der Waals surface area contributed by atoms with E-state index < -0.39 is 0 Å². The van der Waals surface area contributed by atoms with Gasteiger partial charge in [-0.1, -0.05) is 52.7 Å². The third kappa shape index (κ3) is 11.5. The zero-order valence-corrected chi connectivity index (χ0v) is 31.1. The van der Waals surface area contributed by atoms with E-state index in [4.69, 9.17) is 21.1 Å². The largest absolute Gasteiger partial charge is 0.497 e. The standard InChI is InChI=1S/C20H23ClN2O3.C19H23BrN2O/c1-25-17-6-3-5-16(14-17)22-9-4-10-23(12-11-22)20(24)18-13-15(21)7-8-19(18)26-2;1-3-22(14-16-5-4-6-18(20)13-16)12-11-21-19-9-7-17(8-10-19)15(2)23/h3,5-8,13-14H,4,9-12H2,1-2H3;4-10,13,21H,3,11-12,14H2,1-2H3. The van der Waals surface area contributed by atoms with Crippen molar-refractivity contribution >= 4 is 50.6 Å². The fourth-order valence-corrected chi connectivity index (χ4v) is 6.25. The predicted octanol–water partition coefficient (Wildman–Crippen LogP) is 8.30. The molecule has 0 atom stereocenters. The molecule has 1 N–H and O–H groups in total. The van der Waals surface area contributed by atoms with Gasteiger partial charge in [0.05, 0.1) is 19.8 Å². The molecule has 4 aromatic carbocycles. The van der Waals surface area contributed by atoms with Crippen LogP contribution in [0.25, 0.3) is 0 Å². The van der Waals surface area contributed by atoms with Crippen LogP contribution in [-0.2, 0) is 6.54 Å². The normalized spacial score (nSPS) is 12.9. The van der Waals surface area contributed by atoms with Crippen LogP contribution in [-0.4, -0.2) is 81.5 Å². The van der Waals surface area contributed by atoms with Crippen LogP contribution in [0.15, 0.2) is 95.5 Å². The maximum absolute atomic E-state index is 13.0. The number of nitrogens with zero attached hydrogens (tertiary/aromatic N) is 3. The van der Waals surface area contributed by atoms with Crippen LogP contribution in [0.3, 0.4) is 0 Å². The summed E-state index contributed by atoms with van der Waals surface area (Å²) in [5.74, 6) is 1.44. The van der Waals surface area contributed by atoms with Crippen LogP contribution in [0.1, 0.15) is 46.5 Å². The molecular formula is C39H46BrClN4O4. The van der Waals surface area contributed by atoms with E-state index in [1.165, 1.54) is 5.56 Å².